The number of hydrogen-bond donors (Lipinski definition) is 0. The summed E-state index contributed by atoms with van der Waals surface area (Å²) in [7, 11) is 1.58. The van der Waals surface area contributed by atoms with E-state index in [0.29, 0.717) is 18.1 Å². The van der Waals surface area contributed by atoms with Crippen molar-refractivity contribution in [1.82, 2.24) is 0 Å². The second-order valence-electron chi connectivity index (χ2n) is 3.03. The van der Waals surface area contributed by atoms with Gasteiger partial charge in [0, 0.05) is 0 Å². The van der Waals surface area contributed by atoms with Crippen LogP contribution >= 0.6 is 0 Å². The minimum Gasteiger partial charge on any atom is -0.493 e. The lowest BCUT2D eigenvalue weighted by Gasteiger charge is -2.11. The van der Waals surface area contributed by atoms with Gasteiger partial charge in [0.1, 0.15) is 6.61 Å². The van der Waals surface area contributed by atoms with Crippen LogP contribution in [0.5, 0.6) is 11.5 Å². The highest BCUT2D eigenvalue weighted by molar-refractivity contribution is 5.39. The third-order valence-corrected chi connectivity index (χ3v) is 1.82. The van der Waals surface area contributed by atoms with Crippen LogP contribution < -0.4 is 9.47 Å². The van der Waals surface area contributed by atoms with Gasteiger partial charge in [-0.15, -0.1) is 0 Å². The summed E-state index contributed by atoms with van der Waals surface area (Å²) in [5.74, 6) is 1.31. The SMILES string of the molecule is COc1ccccc1OCC(C)N=C=O. The molecule has 1 unspecified atom stereocenters. The normalized spacial score (nSPS) is 11.3. The number of nitrogens with zero attached hydrogens (tertiary/aromatic N) is 1. The quantitative estimate of drug-likeness (QED) is 0.546. The highest BCUT2D eigenvalue weighted by Crippen LogP contribution is 2.25. The number of hydrogen-bond acceptors (Lipinski definition) is 4. The number of rotatable bonds is 5. The molecule has 1 aromatic rings. The van der Waals surface area contributed by atoms with Gasteiger partial charge in [-0.3, -0.25) is 0 Å². The molecule has 0 aliphatic carbocycles. The summed E-state index contributed by atoms with van der Waals surface area (Å²) in [6.07, 6.45) is 1.50. The topological polar surface area (TPSA) is 47.9 Å². The summed E-state index contributed by atoms with van der Waals surface area (Å²) in [5, 5.41) is 0. The highest BCUT2D eigenvalue weighted by Gasteiger charge is 2.04. The molecule has 80 valence electrons. The predicted octanol–water partition coefficient (Wildman–Crippen LogP) is 1.80. The molecule has 1 aromatic carbocycles. The van der Waals surface area contributed by atoms with Crippen LogP contribution in [0.25, 0.3) is 0 Å². The zero-order chi connectivity index (χ0) is 11.1. The first-order chi connectivity index (χ1) is 7.27. The number of ether oxygens (including phenoxy) is 2. The minimum absolute atomic E-state index is 0.201. The fraction of sp³-hybridized carbons (Fsp3) is 0.364. The molecule has 4 heteroatoms. The number of para-hydroxylation sites is 2. The van der Waals surface area contributed by atoms with Gasteiger partial charge < -0.3 is 9.47 Å². The van der Waals surface area contributed by atoms with Crippen molar-refractivity contribution in [3.8, 4) is 11.5 Å². The third-order valence-electron chi connectivity index (χ3n) is 1.82. The number of methoxy groups -OCH3 is 1. The van der Waals surface area contributed by atoms with Crippen LogP contribution in [0.3, 0.4) is 0 Å². The van der Waals surface area contributed by atoms with Crippen LogP contribution in [0.2, 0.25) is 0 Å². The van der Waals surface area contributed by atoms with E-state index in [0.717, 1.165) is 0 Å². The molecule has 0 aliphatic rings. The van der Waals surface area contributed by atoms with Crippen molar-refractivity contribution in [2.75, 3.05) is 13.7 Å². The molecular weight excluding hydrogens is 194 g/mol. The molecule has 0 spiro atoms. The molecule has 0 radical (unpaired) electrons. The lowest BCUT2D eigenvalue weighted by Crippen LogP contribution is -2.11. The summed E-state index contributed by atoms with van der Waals surface area (Å²) in [6, 6.07) is 7.12. The molecule has 0 aromatic heterocycles. The molecule has 0 saturated carbocycles. The van der Waals surface area contributed by atoms with Crippen LogP contribution in [0.15, 0.2) is 29.3 Å². The van der Waals surface area contributed by atoms with Gasteiger partial charge in [0.05, 0.1) is 13.2 Å². The van der Waals surface area contributed by atoms with E-state index < -0.39 is 0 Å². The lowest BCUT2D eigenvalue weighted by atomic mass is 10.3. The fourth-order valence-corrected chi connectivity index (χ4v) is 1.08. The second-order valence-corrected chi connectivity index (χ2v) is 3.03. The van der Waals surface area contributed by atoms with Crippen LogP contribution in [0.1, 0.15) is 6.92 Å². The van der Waals surface area contributed by atoms with E-state index in [4.69, 9.17) is 9.47 Å². The van der Waals surface area contributed by atoms with E-state index in [2.05, 4.69) is 4.99 Å². The Labute approximate surface area is 88.5 Å². The van der Waals surface area contributed by atoms with Gasteiger partial charge in [0.15, 0.2) is 11.5 Å². The summed E-state index contributed by atoms with van der Waals surface area (Å²) < 4.78 is 10.5. The Hall–Kier alpha value is -1.80. The van der Waals surface area contributed by atoms with Crippen molar-refractivity contribution in [1.29, 1.82) is 0 Å². The van der Waals surface area contributed by atoms with E-state index in [9.17, 15) is 4.79 Å². The van der Waals surface area contributed by atoms with Crippen LogP contribution in [-0.4, -0.2) is 25.8 Å². The molecule has 0 fully saturated rings. The van der Waals surface area contributed by atoms with Gasteiger partial charge in [-0.25, -0.2) is 4.79 Å². The number of isocyanates is 1. The van der Waals surface area contributed by atoms with E-state index >= 15 is 0 Å². The monoisotopic (exact) mass is 207 g/mol. The lowest BCUT2D eigenvalue weighted by molar-refractivity contribution is 0.278. The van der Waals surface area contributed by atoms with Crippen molar-refractivity contribution < 1.29 is 14.3 Å². The molecule has 1 rings (SSSR count). The average Bonchev–Trinajstić information content (AvgIpc) is 2.27. The van der Waals surface area contributed by atoms with Crippen molar-refractivity contribution in [2.24, 2.45) is 4.99 Å². The van der Waals surface area contributed by atoms with Crippen molar-refractivity contribution in [3.63, 3.8) is 0 Å². The number of benzene rings is 1. The Morgan fingerprint density at radius 2 is 2.07 bits per heavy atom. The fourth-order valence-electron chi connectivity index (χ4n) is 1.08. The first-order valence-electron chi connectivity index (χ1n) is 4.60. The van der Waals surface area contributed by atoms with Gasteiger partial charge in [0.25, 0.3) is 0 Å². The molecule has 1 atom stereocenters. The standard InChI is InChI=1S/C11H13NO3/c1-9(12-8-13)7-15-11-6-4-3-5-10(11)14-2/h3-6,9H,7H2,1-2H3. The Kier molecular flexibility index (Phi) is 4.38. The molecule has 0 heterocycles. The molecule has 0 amide bonds. The highest BCUT2D eigenvalue weighted by atomic mass is 16.5. The van der Waals surface area contributed by atoms with E-state index in [-0.39, 0.29) is 6.04 Å². The molecule has 0 saturated heterocycles. The first kappa shape index (κ1) is 11.3. The zero-order valence-corrected chi connectivity index (χ0v) is 8.77. The van der Waals surface area contributed by atoms with E-state index in [1.54, 1.807) is 20.1 Å². The Morgan fingerprint density at radius 1 is 1.40 bits per heavy atom. The summed E-state index contributed by atoms with van der Waals surface area (Å²) in [6.45, 7) is 2.11. The van der Waals surface area contributed by atoms with Gasteiger partial charge in [-0.1, -0.05) is 12.1 Å². The Morgan fingerprint density at radius 3 is 2.67 bits per heavy atom. The van der Waals surface area contributed by atoms with Crippen LogP contribution in [-0.2, 0) is 4.79 Å². The first-order valence-corrected chi connectivity index (χ1v) is 4.60. The minimum atomic E-state index is -0.201. The molecule has 0 bridgehead atoms. The van der Waals surface area contributed by atoms with Crippen molar-refractivity contribution in [3.05, 3.63) is 24.3 Å². The predicted molar refractivity (Wildman–Crippen MR) is 56.1 cm³/mol. The smallest absolute Gasteiger partial charge is 0.235 e. The molecule has 0 N–H and O–H groups in total. The largest absolute Gasteiger partial charge is 0.493 e. The Bertz CT molecular complexity index is 359. The molecular formula is C11H13NO3. The van der Waals surface area contributed by atoms with Gasteiger partial charge >= 0.3 is 0 Å². The molecule has 0 aliphatic heterocycles. The number of aliphatic imine (C=N–C) groups is 1. The number of carbonyl (C=O) groups excluding carboxylic acids is 1. The second kappa shape index (κ2) is 5.83. The zero-order valence-electron chi connectivity index (χ0n) is 8.77. The summed E-state index contributed by atoms with van der Waals surface area (Å²) in [4.78, 5) is 13.5. The summed E-state index contributed by atoms with van der Waals surface area (Å²) in [5.41, 5.74) is 0. The van der Waals surface area contributed by atoms with Crippen LogP contribution in [0.4, 0.5) is 0 Å². The van der Waals surface area contributed by atoms with Crippen molar-refractivity contribution >= 4 is 6.08 Å². The van der Waals surface area contributed by atoms with E-state index in [1.165, 1.54) is 6.08 Å². The summed E-state index contributed by atoms with van der Waals surface area (Å²) >= 11 is 0. The Balaban J connectivity index is 2.60. The van der Waals surface area contributed by atoms with Gasteiger partial charge in [0.2, 0.25) is 6.08 Å². The molecule has 4 nitrogen and oxygen atoms in total. The third kappa shape index (κ3) is 3.44. The van der Waals surface area contributed by atoms with Gasteiger partial charge in [-0.05, 0) is 19.1 Å². The maximum absolute atomic E-state index is 9.98. The van der Waals surface area contributed by atoms with Gasteiger partial charge in [-0.2, -0.15) is 4.99 Å². The maximum Gasteiger partial charge on any atom is 0.235 e. The van der Waals surface area contributed by atoms with Crippen molar-refractivity contribution in [2.45, 2.75) is 13.0 Å². The molecule has 15 heavy (non-hydrogen) atoms. The van der Waals surface area contributed by atoms with E-state index in [1.807, 2.05) is 18.2 Å². The maximum atomic E-state index is 9.98. The van der Waals surface area contributed by atoms with Crippen LogP contribution in [0, 0.1) is 0 Å². The average molecular weight is 207 g/mol.